The highest BCUT2D eigenvalue weighted by atomic mass is 32.2. The summed E-state index contributed by atoms with van der Waals surface area (Å²) in [5.41, 5.74) is 0. The van der Waals surface area contributed by atoms with E-state index in [1.165, 1.54) is 25.7 Å². The van der Waals surface area contributed by atoms with Gasteiger partial charge in [0.1, 0.15) is 0 Å². The third kappa shape index (κ3) is 10.2. The topological polar surface area (TPSA) is 40.9 Å². The van der Waals surface area contributed by atoms with Gasteiger partial charge in [0.15, 0.2) is 0 Å². The average Bonchev–Trinajstić information content (AvgIpc) is 2.20. The summed E-state index contributed by atoms with van der Waals surface area (Å²) >= 11 is 0. The molecule has 0 saturated carbocycles. The van der Waals surface area contributed by atoms with Crippen LogP contribution in [0.15, 0.2) is 0 Å². The fourth-order valence-corrected chi connectivity index (χ4v) is 3.17. The number of nitrogens with one attached hydrogen (secondary N) is 1. The van der Waals surface area contributed by atoms with Gasteiger partial charge in [0.05, 0.1) is 0 Å². The zero-order valence-corrected chi connectivity index (χ0v) is 11.2. The maximum absolute atomic E-state index is 11.8. The van der Waals surface area contributed by atoms with Crippen molar-refractivity contribution in [3.05, 3.63) is 0 Å². The molecule has 0 aliphatic rings. The van der Waals surface area contributed by atoms with Crippen LogP contribution in [0, 0.1) is 4.78 Å². The van der Waals surface area contributed by atoms with Crippen LogP contribution >= 0.6 is 0 Å². The van der Waals surface area contributed by atoms with Gasteiger partial charge in [-0.25, -0.2) is 4.21 Å². The minimum Gasteiger partial charge on any atom is -0.253 e. The third-order valence-corrected chi connectivity index (χ3v) is 4.55. The minimum atomic E-state index is -2.24. The first-order valence-electron chi connectivity index (χ1n) is 6.36. The van der Waals surface area contributed by atoms with E-state index in [1.54, 1.807) is 0 Å². The molecular weight excluding hydrogens is 206 g/mol. The van der Waals surface area contributed by atoms with Gasteiger partial charge in [-0.15, -0.1) is 0 Å². The van der Waals surface area contributed by atoms with Gasteiger partial charge in [0.25, 0.3) is 0 Å². The molecule has 0 aromatic rings. The predicted octanol–water partition coefficient (Wildman–Crippen LogP) is 4.19. The number of rotatable bonds is 10. The Labute approximate surface area is 95.8 Å². The third-order valence-electron chi connectivity index (χ3n) is 2.66. The van der Waals surface area contributed by atoms with E-state index >= 15 is 0 Å². The molecule has 0 unspecified atom stereocenters. The van der Waals surface area contributed by atoms with Crippen molar-refractivity contribution in [2.45, 2.75) is 65.2 Å². The predicted molar refractivity (Wildman–Crippen MR) is 68.9 cm³/mol. The zero-order valence-electron chi connectivity index (χ0n) is 10.4. The van der Waals surface area contributed by atoms with Crippen molar-refractivity contribution in [3.63, 3.8) is 0 Å². The SMILES string of the molecule is CCCCCCS(=N)(=O)CCCCCC. The molecule has 0 aromatic heterocycles. The molecule has 0 aliphatic carbocycles. The lowest BCUT2D eigenvalue weighted by Crippen LogP contribution is -2.09. The van der Waals surface area contributed by atoms with E-state index < -0.39 is 9.73 Å². The lowest BCUT2D eigenvalue weighted by molar-refractivity contribution is 0.649. The highest BCUT2D eigenvalue weighted by Gasteiger charge is 2.05. The highest BCUT2D eigenvalue weighted by Crippen LogP contribution is 2.07. The molecule has 0 rings (SSSR count). The van der Waals surface area contributed by atoms with Crippen LogP contribution in [0.25, 0.3) is 0 Å². The normalized spacial score (nSPS) is 11.9. The monoisotopic (exact) mass is 233 g/mol. The molecular formula is C12H27NOS. The summed E-state index contributed by atoms with van der Waals surface area (Å²) < 4.78 is 19.5. The van der Waals surface area contributed by atoms with Crippen LogP contribution in [0.2, 0.25) is 0 Å². The molecule has 0 amide bonds. The second-order valence-corrected chi connectivity index (χ2v) is 6.78. The van der Waals surface area contributed by atoms with Crippen molar-refractivity contribution in [1.29, 1.82) is 4.78 Å². The Bertz CT molecular complexity index is 204. The van der Waals surface area contributed by atoms with Gasteiger partial charge in [-0.1, -0.05) is 52.4 Å². The van der Waals surface area contributed by atoms with Crippen molar-refractivity contribution in [2.75, 3.05) is 11.5 Å². The Kier molecular flexibility index (Phi) is 9.17. The summed E-state index contributed by atoms with van der Waals surface area (Å²) in [4.78, 5) is 0. The maximum atomic E-state index is 11.8. The van der Waals surface area contributed by atoms with E-state index in [-0.39, 0.29) is 0 Å². The summed E-state index contributed by atoms with van der Waals surface area (Å²) in [7, 11) is -2.24. The van der Waals surface area contributed by atoms with Crippen LogP contribution in [0.4, 0.5) is 0 Å². The lowest BCUT2D eigenvalue weighted by atomic mass is 10.2. The Balaban J connectivity index is 3.50. The van der Waals surface area contributed by atoms with E-state index in [4.69, 9.17) is 4.78 Å². The Morgan fingerprint density at radius 1 is 0.800 bits per heavy atom. The summed E-state index contributed by atoms with van der Waals surface area (Å²) in [5.74, 6) is 1.25. The molecule has 0 atom stereocenters. The summed E-state index contributed by atoms with van der Waals surface area (Å²) in [6, 6.07) is 0. The average molecular weight is 233 g/mol. The van der Waals surface area contributed by atoms with Crippen molar-refractivity contribution in [1.82, 2.24) is 0 Å². The van der Waals surface area contributed by atoms with Gasteiger partial charge >= 0.3 is 0 Å². The van der Waals surface area contributed by atoms with Crippen LogP contribution < -0.4 is 0 Å². The standard InChI is InChI=1S/C12H27NOS/c1-3-5-7-9-11-15(13,14)12-10-8-6-4-2/h13H,3-12H2,1-2H3. The second-order valence-electron chi connectivity index (χ2n) is 4.34. The van der Waals surface area contributed by atoms with Crippen molar-refractivity contribution < 1.29 is 4.21 Å². The molecule has 0 saturated heterocycles. The molecule has 0 aromatic carbocycles. The van der Waals surface area contributed by atoms with Crippen LogP contribution in [0.3, 0.4) is 0 Å². The minimum absolute atomic E-state index is 0.624. The van der Waals surface area contributed by atoms with Crippen molar-refractivity contribution in [3.8, 4) is 0 Å². The summed E-state index contributed by atoms with van der Waals surface area (Å²) in [6.45, 7) is 4.34. The molecule has 2 nitrogen and oxygen atoms in total. The highest BCUT2D eigenvalue weighted by molar-refractivity contribution is 7.92. The maximum Gasteiger partial charge on any atom is 0.0441 e. The first kappa shape index (κ1) is 14.9. The van der Waals surface area contributed by atoms with Crippen LogP contribution in [-0.2, 0) is 9.73 Å². The van der Waals surface area contributed by atoms with Gasteiger partial charge in [-0.05, 0) is 12.8 Å². The molecule has 0 heterocycles. The van der Waals surface area contributed by atoms with E-state index in [9.17, 15) is 4.21 Å². The lowest BCUT2D eigenvalue weighted by Gasteiger charge is -2.06. The molecule has 92 valence electrons. The van der Waals surface area contributed by atoms with Crippen LogP contribution in [0.5, 0.6) is 0 Å². The van der Waals surface area contributed by atoms with Crippen molar-refractivity contribution >= 4 is 9.73 Å². The van der Waals surface area contributed by atoms with Gasteiger partial charge in [0, 0.05) is 21.2 Å². The quantitative estimate of drug-likeness (QED) is 0.565. The summed E-state index contributed by atoms with van der Waals surface area (Å²) in [5, 5.41) is 0. The Hall–Kier alpha value is -0.0500. The van der Waals surface area contributed by atoms with E-state index in [0.29, 0.717) is 11.5 Å². The largest absolute Gasteiger partial charge is 0.253 e. The molecule has 15 heavy (non-hydrogen) atoms. The first-order valence-corrected chi connectivity index (χ1v) is 8.26. The van der Waals surface area contributed by atoms with E-state index in [2.05, 4.69) is 13.8 Å². The zero-order chi connectivity index (χ0) is 11.6. The van der Waals surface area contributed by atoms with Gasteiger partial charge in [-0.3, -0.25) is 4.78 Å². The first-order chi connectivity index (χ1) is 7.12. The summed E-state index contributed by atoms with van der Waals surface area (Å²) in [6.07, 6.45) is 9.07. The molecule has 1 N–H and O–H groups in total. The van der Waals surface area contributed by atoms with Gasteiger partial charge < -0.3 is 0 Å². The van der Waals surface area contributed by atoms with Gasteiger partial charge in [0.2, 0.25) is 0 Å². The number of hydrogen-bond acceptors (Lipinski definition) is 2. The molecule has 0 radical (unpaired) electrons. The van der Waals surface area contributed by atoms with Crippen LogP contribution in [0.1, 0.15) is 65.2 Å². The molecule has 0 bridgehead atoms. The second kappa shape index (κ2) is 9.20. The molecule has 0 spiro atoms. The Morgan fingerprint density at radius 3 is 1.53 bits per heavy atom. The van der Waals surface area contributed by atoms with E-state index in [0.717, 1.165) is 25.7 Å². The fourth-order valence-electron chi connectivity index (χ4n) is 1.63. The number of unbranched alkanes of at least 4 members (excludes halogenated alkanes) is 6. The van der Waals surface area contributed by atoms with Gasteiger partial charge in [-0.2, -0.15) is 0 Å². The molecule has 3 heteroatoms. The smallest absolute Gasteiger partial charge is 0.0441 e. The van der Waals surface area contributed by atoms with Crippen molar-refractivity contribution in [2.24, 2.45) is 0 Å². The Morgan fingerprint density at radius 2 is 1.20 bits per heavy atom. The van der Waals surface area contributed by atoms with E-state index in [1.807, 2.05) is 0 Å². The fraction of sp³-hybridized carbons (Fsp3) is 1.00. The molecule has 0 aliphatic heterocycles. The molecule has 0 fully saturated rings. The number of hydrogen-bond donors (Lipinski definition) is 1. The van der Waals surface area contributed by atoms with Crippen LogP contribution in [-0.4, -0.2) is 15.7 Å².